The van der Waals surface area contributed by atoms with E-state index in [0.29, 0.717) is 5.82 Å². The van der Waals surface area contributed by atoms with Gasteiger partial charge in [0.05, 0.1) is 11.6 Å². The molecule has 6 heteroatoms. The van der Waals surface area contributed by atoms with Gasteiger partial charge in [-0.15, -0.1) is 0 Å². The van der Waals surface area contributed by atoms with Gasteiger partial charge >= 0.3 is 0 Å². The largest absolute Gasteiger partial charge is 0.372 e. The predicted molar refractivity (Wildman–Crippen MR) is 50.9 cm³/mol. The third-order valence-corrected chi connectivity index (χ3v) is 1.97. The summed E-state index contributed by atoms with van der Waals surface area (Å²) in [5.74, 6) is 0.697. The van der Waals surface area contributed by atoms with Crippen molar-refractivity contribution in [2.24, 2.45) is 7.05 Å². The predicted octanol–water partition coefficient (Wildman–Crippen LogP) is 1.06. The summed E-state index contributed by atoms with van der Waals surface area (Å²) in [5, 5.41) is 8.09. The van der Waals surface area contributed by atoms with Crippen LogP contribution in [0.15, 0.2) is 6.20 Å². The highest BCUT2D eigenvalue weighted by Gasteiger charge is 2.08. The lowest BCUT2D eigenvalue weighted by Gasteiger charge is -2.00. The van der Waals surface area contributed by atoms with Crippen molar-refractivity contribution in [3.8, 4) is 0 Å². The second-order valence-corrected chi connectivity index (χ2v) is 2.93. The van der Waals surface area contributed by atoms with Gasteiger partial charge in [0, 0.05) is 14.1 Å². The Hall–Kier alpha value is -1.36. The zero-order chi connectivity index (χ0) is 9.42. The molecule has 0 aliphatic carbocycles. The SMILES string of the molecule is CNc1nc(Cl)nc2c1cnn2C. The smallest absolute Gasteiger partial charge is 0.226 e. The quantitative estimate of drug-likeness (QED) is 0.695. The van der Waals surface area contributed by atoms with Crippen LogP contribution in [0.1, 0.15) is 0 Å². The normalized spacial score (nSPS) is 10.7. The van der Waals surface area contributed by atoms with E-state index >= 15 is 0 Å². The molecule has 0 saturated heterocycles. The first-order chi connectivity index (χ1) is 6.22. The first-order valence-electron chi connectivity index (χ1n) is 3.75. The van der Waals surface area contributed by atoms with Gasteiger partial charge in [-0.05, 0) is 11.6 Å². The van der Waals surface area contributed by atoms with Crippen molar-refractivity contribution in [1.29, 1.82) is 0 Å². The van der Waals surface area contributed by atoms with Crippen LogP contribution in [0, 0.1) is 0 Å². The number of aromatic nitrogens is 4. The van der Waals surface area contributed by atoms with Crippen molar-refractivity contribution >= 4 is 28.5 Å². The lowest BCUT2D eigenvalue weighted by molar-refractivity contribution is 0.785. The molecule has 0 saturated carbocycles. The molecular formula is C7H8ClN5. The Morgan fingerprint density at radius 3 is 2.92 bits per heavy atom. The van der Waals surface area contributed by atoms with Gasteiger partial charge in [-0.2, -0.15) is 10.1 Å². The van der Waals surface area contributed by atoms with Gasteiger partial charge in [-0.3, -0.25) is 4.68 Å². The maximum atomic E-state index is 5.73. The summed E-state index contributed by atoms with van der Waals surface area (Å²) in [6.07, 6.45) is 1.71. The number of hydrogen-bond donors (Lipinski definition) is 1. The van der Waals surface area contributed by atoms with E-state index in [4.69, 9.17) is 11.6 Å². The average Bonchev–Trinajstić information content (AvgIpc) is 2.47. The Morgan fingerprint density at radius 1 is 1.46 bits per heavy atom. The second-order valence-electron chi connectivity index (χ2n) is 2.60. The van der Waals surface area contributed by atoms with Gasteiger partial charge in [0.1, 0.15) is 5.82 Å². The third kappa shape index (κ3) is 1.21. The number of nitrogens with one attached hydrogen (secondary N) is 1. The highest BCUT2D eigenvalue weighted by molar-refractivity contribution is 6.28. The first kappa shape index (κ1) is 8.25. The molecule has 0 bridgehead atoms. The molecule has 0 amide bonds. The molecule has 2 aromatic rings. The van der Waals surface area contributed by atoms with E-state index in [1.807, 2.05) is 7.05 Å². The van der Waals surface area contributed by atoms with Crippen LogP contribution in [0.4, 0.5) is 5.82 Å². The van der Waals surface area contributed by atoms with E-state index in [2.05, 4.69) is 20.4 Å². The van der Waals surface area contributed by atoms with Crippen LogP contribution >= 0.6 is 11.6 Å². The minimum Gasteiger partial charge on any atom is -0.372 e. The molecule has 0 radical (unpaired) electrons. The molecule has 0 aliphatic rings. The van der Waals surface area contributed by atoms with Gasteiger partial charge in [0.2, 0.25) is 5.28 Å². The van der Waals surface area contributed by atoms with Crippen LogP contribution in [-0.2, 0) is 7.05 Å². The highest BCUT2D eigenvalue weighted by Crippen LogP contribution is 2.20. The van der Waals surface area contributed by atoms with Gasteiger partial charge < -0.3 is 5.32 Å². The van der Waals surface area contributed by atoms with Crippen molar-refractivity contribution in [2.45, 2.75) is 0 Å². The maximum Gasteiger partial charge on any atom is 0.226 e. The van der Waals surface area contributed by atoms with Crippen LogP contribution < -0.4 is 5.32 Å². The molecular weight excluding hydrogens is 190 g/mol. The van der Waals surface area contributed by atoms with Crippen molar-refractivity contribution in [1.82, 2.24) is 19.7 Å². The fraction of sp³-hybridized carbons (Fsp3) is 0.286. The van der Waals surface area contributed by atoms with E-state index in [1.54, 1.807) is 17.9 Å². The lowest BCUT2D eigenvalue weighted by Crippen LogP contribution is -1.97. The molecule has 1 N–H and O–H groups in total. The van der Waals surface area contributed by atoms with Gasteiger partial charge in [-0.1, -0.05) is 0 Å². The van der Waals surface area contributed by atoms with Gasteiger partial charge in [0.25, 0.3) is 0 Å². The summed E-state index contributed by atoms with van der Waals surface area (Å²) < 4.78 is 1.66. The van der Waals surface area contributed by atoms with Gasteiger partial charge in [-0.25, -0.2) is 4.98 Å². The second kappa shape index (κ2) is 2.85. The number of aryl methyl sites for hydroxylation is 1. The first-order valence-corrected chi connectivity index (χ1v) is 4.13. The minimum atomic E-state index is 0.223. The zero-order valence-corrected chi connectivity index (χ0v) is 8.00. The number of anilines is 1. The molecule has 0 atom stereocenters. The van der Waals surface area contributed by atoms with Crippen LogP contribution in [-0.4, -0.2) is 26.8 Å². The van der Waals surface area contributed by atoms with Crippen LogP contribution in [0.5, 0.6) is 0 Å². The minimum absolute atomic E-state index is 0.223. The van der Waals surface area contributed by atoms with Crippen LogP contribution in [0.3, 0.4) is 0 Å². The molecule has 68 valence electrons. The summed E-state index contributed by atoms with van der Waals surface area (Å²) >= 11 is 5.73. The number of hydrogen-bond acceptors (Lipinski definition) is 4. The molecule has 2 aromatic heterocycles. The fourth-order valence-corrected chi connectivity index (χ4v) is 1.35. The van der Waals surface area contributed by atoms with Gasteiger partial charge in [0.15, 0.2) is 5.65 Å². The number of rotatable bonds is 1. The molecule has 13 heavy (non-hydrogen) atoms. The molecule has 2 rings (SSSR count). The molecule has 0 fully saturated rings. The molecule has 0 spiro atoms. The topological polar surface area (TPSA) is 55.6 Å². The average molecular weight is 198 g/mol. The van der Waals surface area contributed by atoms with E-state index in [9.17, 15) is 0 Å². The molecule has 2 heterocycles. The molecule has 0 unspecified atom stereocenters. The van der Waals surface area contributed by atoms with Crippen LogP contribution in [0.25, 0.3) is 11.0 Å². The molecule has 0 aliphatic heterocycles. The summed E-state index contributed by atoms with van der Waals surface area (Å²) in [6.45, 7) is 0. The van der Waals surface area contributed by atoms with Crippen molar-refractivity contribution < 1.29 is 0 Å². The standard InChI is InChI=1S/C7H8ClN5/c1-9-5-4-3-10-13(2)6(4)12-7(8)11-5/h3H,1-2H3,(H,9,11,12). The summed E-state index contributed by atoms with van der Waals surface area (Å²) in [7, 11) is 3.59. The Labute approximate surface area is 79.7 Å². The van der Waals surface area contributed by atoms with Crippen molar-refractivity contribution in [2.75, 3.05) is 12.4 Å². The molecule has 0 aromatic carbocycles. The van der Waals surface area contributed by atoms with Crippen molar-refractivity contribution in [3.05, 3.63) is 11.5 Å². The fourth-order valence-electron chi connectivity index (χ4n) is 1.19. The summed E-state index contributed by atoms with van der Waals surface area (Å²) in [5.41, 5.74) is 0.726. The number of halogens is 1. The van der Waals surface area contributed by atoms with E-state index in [0.717, 1.165) is 11.0 Å². The van der Waals surface area contributed by atoms with E-state index in [-0.39, 0.29) is 5.28 Å². The molecule has 5 nitrogen and oxygen atoms in total. The number of fused-ring (bicyclic) bond motifs is 1. The van der Waals surface area contributed by atoms with E-state index < -0.39 is 0 Å². The Kier molecular flexibility index (Phi) is 1.81. The van der Waals surface area contributed by atoms with Crippen LogP contribution in [0.2, 0.25) is 5.28 Å². The Bertz CT molecular complexity index is 449. The Morgan fingerprint density at radius 2 is 2.23 bits per heavy atom. The van der Waals surface area contributed by atoms with Crippen molar-refractivity contribution in [3.63, 3.8) is 0 Å². The monoisotopic (exact) mass is 197 g/mol. The third-order valence-electron chi connectivity index (χ3n) is 1.80. The number of nitrogens with zero attached hydrogens (tertiary/aromatic N) is 4. The zero-order valence-electron chi connectivity index (χ0n) is 7.24. The lowest BCUT2D eigenvalue weighted by atomic mass is 10.4. The van der Waals surface area contributed by atoms with E-state index in [1.165, 1.54) is 0 Å². The Balaban J connectivity index is 2.84. The highest BCUT2D eigenvalue weighted by atomic mass is 35.5. The maximum absolute atomic E-state index is 5.73. The summed E-state index contributed by atoms with van der Waals surface area (Å²) in [4.78, 5) is 8.08. The summed E-state index contributed by atoms with van der Waals surface area (Å²) in [6, 6.07) is 0.